The molecule has 0 fully saturated rings. The van der Waals surface area contributed by atoms with Crippen molar-refractivity contribution >= 4 is 12.0 Å². The van der Waals surface area contributed by atoms with Gasteiger partial charge in [0, 0.05) is 5.57 Å². The molecule has 0 saturated carbocycles. The van der Waals surface area contributed by atoms with Gasteiger partial charge in [0.15, 0.2) is 11.5 Å². The van der Waals surface area contributed by atoms with Crippen LogP contribution < -0.4 is 0 Å². The molecule has 1 aromatic rings. The number of carboxylic acids is 1. The van der Waals surface area contributed by atoms with Crippen LogP contribution in [0.25, 0.3) is 6.08 Å². The van der Waals surface area contributed by atoms with Crippen LogP contribution in [0.4, 0.5) is 0 Å². The number of rotatable bonds is 3. The third-order valence-electron chi connectivity index (χ3n) is 2.00. The van der Waals surface area contributed by atoms with Gasteiger partial charge in [-0.25, -0.2) is 4.79 Å². The summed E-state index contributed by atoms with van der Waals surface area (Å²) in [5, 5.41) is 27.0. The number of carbonyl (C=O) groups is 1. The van der Waals surface area contributed by atoms with Crippen molar-refractivity contribution in [2.45, 2.75) is 13.3 Å². The predicted octanol–water partition coefficient (Wildman–Crippen LogP) is 1.98. The first-order valence-electron chi connectivity index (χ1n) is 4.50. The van der Waals surface area contributed by atoms with Gasteiger partial charge in [0.2, 0.25) is 0 Å². The summed E-state index contributed by atoms with van der Waals surface area (Å²) in [6.45, 7) is 1.74. The molecule has 0 unspecified atom stereocenters. The van der Waals surface area contributed by atoms with Gasteiger partial charge >= 0.3 is 5.97 Å². The summed E-state index contributed by atoms with van der Waals surface area (Å²) in [7, 11) is 0. The van der Waals surface area contributed by atoms with Gasteiger partial charge in [-0.15, -0.1) is 0 Å². The Morgan fingerprint density at radius 1 is 1.33 bits per heavy atom. The molecule has 0 aromatic heterocycles. The van der Waals surface area contributed by atoms with Crippen LogP contribution in [0.5, 0.6) is 11.5 Å². The van der Waals surface area contributed by atoms with Crippen LogP contribution in [0, 0.1) is 0 Å². The van der Waals surface area contributed by atoms with Gasteiger partial charge in [0.05, 0.1) is 0 Å². The highest BCUT2D eigenvalue weighted by Gasteiger charge is 2.05. The van der Waals surface area contributed by atoms with E-state index in [4.69, 9.17) is 10.2 Å². The van der Waals surface area contributed by atoms with Gasteiger partial charge in [-0.1, -0.05) is 13.0 Å². The summed E-state index contributed by atoms with van der Waals surface area (Å²) >= 11 is 0. The highest BCUT2D eigenvalue weighted by molar-refractivity contribution is 5.92. The van der Waals surface area contributed by atoms with Crippen molar-refractivity contribution in [3.05, 3.63) is 29.3 Å². The molecule has 1 rings (SSSR count). The zero-order valence-electron chi connectivity index (χ0n) is 8.27. The van der Waals surface area contributed by atoms with Gasteiger partial charge < -0.3 is 15.3 Å². The molecule has 0 saturated heterocycles. The van der Waals surface area contributed by atoms with Gasteiger partial charge in [-0.2, -0.15) is 0 Å². The third-order valence-corrected chi connectivity index (χ3v) is 2.00. The number of hydrogen-bond acceptors (Lipinski definition) is 3. The minimum absolute atomic E-state index is 0.222. The van der Waals surface area contributed by atoms with Crippen molar-refractivity contribution < 1.29 is 20.1 Å². The summed E-state index contributed by atoms with van der Waals surface area (Å²) in [4.78, 5) is 10.7. The normalized spacial score (nSPS) is 11.4. The largest absolute Gasteiger partial charge is 0.504 e. The first-order valence-corrected chi connectivity index (χ1v) is 4.50. The summed E-state index contributed by atoms with van der Waals surface area (Å²) < 4.78 is 0. The fraction of sp³-hybridized carbons (Fsp3) is 0.182. The number of carboxylic acid groups (broad SMARTS) is 1. The molecule has 0 atom stereocenters. The topological polar surface area (TPSA) is 77.8 Å². The molecule has 0 radical (unpaired) electrons. The molecule has 0 spiro atoms. The van der Waals surface area contributed by atoms with Crippen molar-refractivity contribution in [2.75, 3.05) is 0 Å². The van der Waals surface area contributed by atoms with Crippen LogP contribution in [0.3, 0.4) is 0 Å². The maximum atomic E-state index is 10.7. The van der Waals surface area contributed by atoms with Crippen molar-refractivity contribution in [1.82, 2.24) is 0 Å². The Labute approximate surface area is 87.1 Å². The molecule has 0 amide bonds. The van der Waals surface area contributed by atoms with Gasteiger partial charge in [-0.05, 0) is 30.2 Å². The lowest BCUT2D eigenvalue weighted by Crippen LogP contribution is -1.98. The van der Waals surface area contributed by atoms with E-state index in [0.29, 0.717) is 12.0 Å². The molecule has 0 aliphatic carbocycles. The van der Waals surface area contributed by atoms with Crippen LogP contribution in [0.15, 0.2) is 23.8 Å². The third kappa shape index (κ3) is 2.74. The smallest absolute Gasteiger partial charge is 0.331 e. The van der Waals surface area contributed by atoms with Crippen LogP contribution >= 0.6 is 0 Å². The summed E-state index contributed by atoms with van der Waals surface area (Å²) in [5.41, 5.74) is 0.796. The molecular formula is C11H12O4. The number of phenolic OH excluding ortho intramolecular Hbond substituents is 2. The number of phenols is 2. The summed E-state index contributed by atoms with van der Waals surface area (Å²) in [5.74, 6) is -1.46. The Bertz CT molecular complexity index is 407. The second kappa shape index (κ2) is 4.50. The lowest BCUT2D eigenvalue weighted by molar-refractivity contribution is -0.132. The highest BCUT2D eigenvalue weighted by atomic mass is 16.4. The highest BCUT2D eigenvalue weighted by Crippen LogP contribution is 2.26. The molecule has 3 N–H and O–H groups in total. The minimum atomic E-state index is -0.981. The lowest BCUT2D eigenvalue weighted by atomic mass is 10.1. The van der Waals surface area contributed by atoms with E-state index in [1.165, 1.54) is 24.3 Å². The average molecular weight is 208 g/mol. The molecule has 80 valence electrons. The molecule has 4 heteroatoms. The Morgan fingerprint density at radius 3 is 2.47 bits per heavy atom. The van der Waals surface area contributed by atoms with Gasteiger partial charge in [0.25, 0.3) is 0 Å². The monoisotopic (exact) mass is 208 g/mol. The Hall–Kier alpha value is -1.97. The number of benzene rings is 1. The van der Waals surface area contributed by atoms with Crippen LogP contribution in [-0.4, -0.2) is 21.3 Å². The molecule has 0 heterocycles. The zero-order chi connectivity index (χ0) is 11.4. The SMILES string of the molecule is CC/C(=C\c1ccc(O)c(O)c1)C(=O)O. The first kappa shape index (κ1) is 11.1. The van der Waals surface area contributed by atoms with E-state index in [9.17, 15) is 9.90 Å². The quantitative estimate of drug-likeness (QED) is 0.524. The molecule has 4 nitrogen and oxygen atoms in total. The molecular weight excluding hydrogens is 196 g/mol. The molecule has 0 aliphatic rings. The van der Waals surface area contributed by atoms with E-state index in [-0.39, 0.29) is 17.1 Å². The lowest BCUT2D eigenvalue weighted by Gasteiger charge is -2.01. The number of hydrogen-bond donors (Lipinski definition) is 3. The van der Waals surface area contributed by atoms with E-state index in [1.807, 2.05) is 0 Å². The first-order chi connectivity index (χ1) is 7.04. The Balaban J connectivity index is 3.07. The van der Waals surface area contributed by atoms with Crippen molar-refractivity contribution in [3.63, 3.8) is 0 Å². The predicted molar refractivity (Wildman–Crippen MR) is 55.7 cm³/mol. The van der Waals surface area contributed by atoms with Crippen LogP contribution in [0.1, 0.15) is 18.9 Å². The van der Waals surface area contributed by atoms with Crippen molar-refractivity contribution in [2.24, 2.45) is 0 Å². The van der Waals surface area contributed by atoms with Crippen LogP contribution in [0.2, 0.25) is 0 Å². The maximum Gasteiger partial charge on any atom is 0.331 e. The summed E-state index contributed by atoms with van der Waals surface area (Å²) in [6.07, 6.45) is 1.86. The Kier molecular flexibility index (Phi) is 3.33. The van der Waals surface area contributed by atoms with Crippen molar-refractivity contribution in [1.29, 1.82) is 0 Å². The number of aromatic hydroxyl groups is 2. The fourth-order valence-corrected chi connectivity index (χ4v) is 1.15. The van der Waals surface area contributed by atoms with E-state index in [0.717, 1.165) is 0 Å². The standard InChI is InChI=1S/C11H12O4/c1-2-8(11(14)15)5-7-3-4-9(12)10(13)6-7/h3-6,12-13H,2H2,1H3,(H,14,15)/b8-5+. The second-order valence-electron chi connectivity index (χ2n) is 3.08. The fourth-order valence-electron chi connectivity index (χ4n) is 1.15. The van der Waals surface area contributed by atoms with Crippen LogP contribution in [-0.2, 0) is 4.79 Å². The molecule has 0 aliphatic heterocycles. The van der Waals surface area contributed by atoms with E-state index < -0.39 is 5.97 Å². The van der Waals surface area contributed by atoms with Gasteiger partial charge in [-0.3, -0.25) is 0 Å². The second-order valence-corrected chi connectivity index (χ2v) is 3.08. The minimum Gasteiger partial charge on any atom is -0.504 e. The van der Waals surface area contributed by atoms with Crippen molar-refractivity contribution in [3.8, 4) is 11.5 Å². The number of aliphatic carboxylic acids is 1. The van der Waals surface area contributed by atoms with Gasteiger partial charge in [0.1, 0.15) is 0 Å². The average Bonchev–Trinajstić information content (AvgIpc) is 2.19. The maximum absolute atomic E-state index is 10.7. The van der Waals surface area contributed by atoms with E-state index in [2.05, 4.69) is 0 Å². The Morgan fingerprint density at radius 2 is 2.00 bits per heavy atom. The molecule has 15 heavy (non-hydrogen) atoms. The molecule has 0 bridgehead atoms. The summed E-state index contributed by atoms with van der Waals surface area (Å²) in [6, 6.07) is 4.16. The molecule has 1 aromatic carbocycles. The van der Waals surface area contributed by atoms with E-state index in [1.54, 1.807) is 6.92 Å². The van der Waals surface area contributed by atoms with E-state index >= 15 is 0 Å². The zero-order valence-corrected chi connectivity index (χ0v) is 8.27.